The Morgan fingerprint density at radius 2 is 2.05 bits per heavy atom. The highest BCUT2D eigenvalue weighted by Gasteiger charge is 2.16. The fraction of sp³-hybridized carbons (Fsp3) is 0.333. The maximum atomic E-state index is 12.3. The minimum absolute atomic E-state index is 0.0262. The van der Waals surface area contributed by atoms with Crippen LogP contribution in [0.5, 0.6) is 0 Å². The Balaban J connectivity index is 2.22. The second-order valence-electron chi connectivity index (χ2n) is 4.78. The summed E-state index contributed by atoms with van der Waals surface area (Å²) in [6.45, 7) is 2.01. The Labute approximate surface area is 127 Å². The maximum absolute atomic E-state index is 12.3. The van der Waals surface area contributed by atoms with E-state index >= 15 is 0 Å². The monoisotopic (exact) mass is 302 g/mol. The van der Waals surface area contributed by atoms with Gasteiger partial charge in [-0.05, 0) is 19.1 Å². The molecule has 22 heavy (non-hydrogen) atoms. The lowest BCUT2D eigenvalue weighted by atomic mass is 10.2. The van der Waals surface area contributed by atoms with E-state index in [1.54, 1.807) is 31.2 Å². The lowest BCUT2D eigenvalue weighted by Crippen LogP contribution is -2.42. The zero-order valence-electron chi connectivity index (χ0n) is 12.6. The summed E-state index contributed by atoms with van der Waals surface area (Å²) in [6.07, 6.45) is 1.36. The molecule has 0 atom stereocenters. The van der Waals surface area contributed by atoms with Crippen LogP contribution in [0.3, 0.4) is 0 Å². The Hall–Kier alpha value is -2.70. The number of hydrogen-bond acceptors (Lipinski definition) is 4. The van der Waals surface area contributed by atoms with Crippen molar-refractivity contribution in [3.05, 3.63) is 40.9 Å². The number of amides is 2. The van der Waals surface area contributed by atoms with Gasteiger partial charge >= 0.3 is 0 Å². The van der Waals surface area contributed by atoms with E-state index in [0.29, 0.717) is 17.4 Å². The van der Waals surface area contributed by atoms with Gasteiger partial charge in [-0.2, -0.15) is 0 Å². The summed E-state index contributed by atoms with van der Waals surface area (Å²) in [7, 11) is 1.51. The lowest BCUT2D eigenvalue weighted by Gasteiger charge is -2.20. The van der Waals surface area contributed by atoms with Crippen LogP contribution in [0.25, 0.3) is 10.9 Å². The molecule has 1 N–H and O–H groups in total. The summed E-state index contributed by atoms with van der Waals surface area (Å²) in [5.41, 5.74) is 0.323. The molecule has 2 amide bonds. The van der Waals surface area contributed by atoms with E-state index in [-0.39, 0.29) is 30.5 Å². The molecular formula is C15H18N4O3. The summed E-state index contributed by atoms with van der Waals surface area (Å²) in [6, 6.07) is 6.97. The number of carbonyl (C=O) groups is 2. The van der Waals surface area contributed by atoms with Gasteiger partial charge in [-0.25, -0.2) is 4.98 Å². The number of fused-ring (bicyclic) bond motifs is 1. The van der Waals surface area contributed by atoms with Gasteiger partial charge in [0.15, 0.2) is 0 Å². The van der Waals surface area contributed by atoms with Gasteiger partial charge in [0, 0.05) is 13.6 Å². The highest BCUT2D eigenvalue weighted by molar-refractivity contribution is 5.84. The molecular weight excluding hydrogens is 284 g/mol. The van der Waals surface area contributed by atoms with Crippen molar-refractivity contribution in [2.75, 3.05) is 20.1 Å². The van der Waals surface area contributed by atoms with Crippen LogP contribution in [-0.2, 0) is 16.1 Å². The zero-order chi connectivity index (χ0) is 16.1. The molecule has 0 radical (unpaired) electrons. The highest BCUT2D eigenvalue weighted by atomic mass is 16.2. The van der Waals surface area contributed by atoms with Crippen LogP contribution in [0, 0.1) is 0 Å². The van der Waals surface area contributed by atoms with Gasteiger partial charge in [0.1, 0.15) is 6.54 Å². The fourth-order valence-electron chi connectivity index (χ4n) is 2.09. The predicted octanol–water partition coefficient (Wildman–Crippen LogP) is -0.00900. The molecule has 7 heteroatoms. The minimum Gasteiger partial charge on any atom is -0.358 e. The number of rotatable bonds is 5. The maximum Gasteiger partial charge on any atom is 0.261 e. The van der Waals surface area contributed by atoms with E-state index in [1.807, 2.05) is 0 Å². The van der Waals surface area contributed by atoms with Gasteiger partial charge in [-0.3, -0.25) is 19.0 Å². The van der Waals surface area contributed by atoms with E-state index in [1.165, 1.54) is 22.8 Å². The molecule has 1 heterocycles. The van der Waals surface area contributed by atoms with Crippen molar-refractivity contribution in [2.24, 2.45) is 0 Å². The van der Waals surface area contributed by atoms with Crippen LogP contribution in [0.4, 0.5) is 0 Å². The Kier molecular flexibility index (Phi) is 4.88. The van der Waals surface area contributed by atoms with E-state index in [0.717, 1.165) is 0 Å². The molecule has 0 bridgehead atoms. The quantitative estimate of drug-likeness (QED) is 0.842. The second kappa shape index (κ2) is 6.84. The molecule has 1 aromatic carbocycles. The molecule has 0 aliphatic carbocycles. The molecule has 0 spiro atoms. The zero-order valence-corrected chi connectivity index (χ0v) is 12.6. The number of likely N-dealkylation sites (N-methyl/N-ethyl adjacent to an activating group) is 2. The van der Waals surface area contributed by atoms with Crippen molar-refractivity contribution < 1.29 is 9.59 Å². The second-order valence-corrected chi connectivity index (χ2v) is 4.78. The lowest BCUT2D eigenvalue weighted by molar-refractivity contribution is -0.136. The van der Waals surface area contributed by atoms with Crippen LogP contribution >= 0.6 is 0 Å². The van der Waals surface area contributed by atoms with Gasteiger partial charge < -0.3 is 10.2 Å². The number of carbonyl (C=O) groups excluding carboxylic acids is 2. The molecule has 0 aliphatic rings. The molecule has 2 rings (SSSR count). The molecule has 0 fully saturated rings. The standard InChI is InChI=1S/C15H18N4O3/c1-3-18(8-13(20)16-2)14(21)9-19-10-17-12-7-5-4-6-11(12)15(19)22/h4-7,10H,3,8-9H2,1-2H3,(H,16,20). The summed E-state index contributed by atoms with van der Waals surface area (Å²) in [5.74, 6) is -0.551. The number of nitrogens with one attached hydrogen (secondary N) is 1. The third kappa shape index (κ3) is 3.30. The Bertz CT molecular complexity index is 754. The summed E-state index contributed by atoms with van der Waals surface area (Å²) >= 11 is 0. The SMILES string of the molecule is CCN(CC(=O)NC)C(=O)Cn1cnc2ccccc2c1=O. The van der Waals surface area contributed by atoms with E-state index in [4.69, 9.17) is 0 Å². The topological polar surface area (TPSA) is 84.3 Å². The minimum atomic E-state index is -0.301. The van der Waals surface area contributed by atoms with Crippen molar-refractivity contribution >= 4 is 22.7 Å². The molecule has 0 unspecified atom stereocenters. The largest absolute Gasteiger partial charge is 0.358 e. The fourth-order valence-corrected chi connectivity index (χ4v) is 2.09. The van der Waals surface area contributed by atoms with Crippen LogP contribution in [-0.4, -0.2) is 46.4 Å². The first-order valence-corrected chi connectivity index (χ1v) is 6.99. The van der Waals surface area contributed by atoms with Gasteiger partial charge in [-0.1, -0.05) is 12.1 Å². The van der Waals surface area contributed by atoms with Crippen molar-refractivity contribution in [1.29, 1.82) is 0 Å². The Morgan fingerprint density at radius 1 is 1.32 bits per heavy atom. The highest BCUT2D eigenvalue weighted by Crippen LogP contribution is 2.04. The predicted molar refractivity (Wildman–Crippen MR) is 82.3 cm³/mol. The van der Waals surface area contributed by atoms with Crippen molar-refractivity contribution in [1.82, 2.24) is 19.8 Å². The summed E-state index contributed by atoms with van der Waals surface area (Å²) in [4.78, 5) is 41.5. The van der Waals surface area contributed by atoms with E-state index in [9.17, 15) is 14.4 Å². The van der Waals surface area contributed by atoms with Crippen LogP contribution in [0.2, 0.25) is 0 Å². The van der Waals surface area contributed by atoms with Crippen LogP contribution in [0.15, 0.2) is 35.4 Å². The molecule has 0 aliphatic heterocycles. The van der Waals surface area contributed by atoms with E-state index < -0.39 is 0 Å². The normalized spacial score (nSPS) is 10.5. The molecule has 2 aromatic rings. The smallest absolute Gasteiger partial charge is 0.261 e. The van der Waals surface area contributed by atoms with Crippen LogP contribution < -0.4 is 10.9 Å². The first-order chi connectivity index (χ1) is 10.6. The number of aromatic nitrogens is 2. The molecule has 0 saturated heterocycles. The molecule has 7 nitrogen and oxygen atoms in total. The number of benzene rings is 1. The first-order valence-electron chi connectivity index (χ1n) is 6.99. The van der Waals surface area contributed by atoms with Gasteiger partial charge in [-0.15, -0.1) is 0 Å². The molecule has 116 valence electrons. The third-order valence-corrected chi connectivity index (χ3v) is 3.38. The summed E-state index contributed by atoms with van der Waals surface area (Å²) in [5, 5.41) is 2.94. The number of hydrogen-bond donors (Lipinski definition) is 1. The van der Waals surface area contributed by atoms with Crippen LogP contribution in [0.1, 0.15) is 6.92 Å². The third-order valence-electron chi connectivity index (χ3n) is 3.38. The Morgan fingerprint density at radius 3 is 2.73 bits per heavy atom. The average molecular weight is 302 g/mol. The van der Waals surface area contributed by atoms with Gasteiger partial charge in [0.25, 0.3) is 5.56 Å². The van der Waals surface area contributed by atoms with Gasteiger partial charge in [0.2, 0.25) is 11.8 Å². The van der Waals surface area contributed by atoms with Gasteiger partial charge in [0.05, 0.1) is 23.8 Å². The summed E-state index contributed by atoms with van der Waals surface area (Å²) < 4.78 is 1.26. The molecule has 1 aromatic heterocycles. The molecule has 0 saturated carbocycles. The number of nitrogens with zero attached hydrogens (tertiary/aromatic N) is 3. The van der Waals surface area contributed by atoms with Crippen molar-refractivity contribution in [3.63, 3.8) is 0 Å². The van der Waals surface area contributed by atoms with Crippen molar-refractivity contribution in [3.8, 4) is 0 Å². The first kappa shape index (κ1) is 15.7. The average Bonchev–Trinajstić information content (AvgIpc) is 2.55. The van der Waals surface area contributed by atoms with E-state index in [2.05, 4.69) is 10.3 Å². The van der Waals surface area contributed by atoms with Crippen molar-refractivity contribution in [2.45, 2.75) is 13.5 Å². The number of para-hydroxylation sites is 1.